The smallest absolute Gasteiger partial charge is 0.307 e. The molecule has 1 rings (SSSR count). The van der Waals surface area contributed by atoms with E-state index >= 15 is 0 Å². The first kappa shape index (κ1) is 16.2. The molecule has 0 radical (unpaired) electrons. The van der Waals surface area contributed by atoms with Gasteiger partial charge in [0.2, 0.25) is 5.91 Å². The van der Waals surface area contributed by atoms with Crippen LogP contribution in [0, 0.1) is 5.92 Å². The molecule has 3 atom stereocenters. The van der Waals surface area contributed by atoms with Crippen molar-refractivity contribution in [1.82, 2.24) is 5.32 Å². The van der Waals surface area contributed by atoms with E-state index < -0.39 is 0 Å². The minimum absolute atomic E-state index is 0. The molecule has 3 unspecified atom stereocenters. The summed E-state index contributed by atoms with van der Waals surface area (Å²) in [6, 6.07) is -0.0385. The van der Waals surface area contributed by atoms with Crippen molar-refractivity contribution in [2.45, 2.75) is 44.7 Å². The molecule has 0 aromatic rings. The van der Waals surface area contributed by atoms with Crippen LogP contribution >= 0.6 is 12.4 Å². The zero-order chi connectivity index (χ0) is 12.1. The Labute approximate surface area is 108 Å². The SMILES string of the molecule is COC(=O)CC(C)NC(=O)C1CCC(N)C1.Cl. The average molecular weight is 265 g/mol. The molecule has 0 saturated heterocycles. The molecule has 5 nitrogen and oxygen atoms in total. The maximum absolute atomic E-state index is 11.8. The monoisotopic (exact) mass is 264 g/mol. The minimum atomic E-state index is -0.309. The third kappa shape index (κ3) is 5.37. The molecule has 1 amide bonds. The molecule has 0 spiro atoms. The average Bonchev–Trinajstić information content (AvgIpc) is 2.64. The van der Waals surface area contributed by atoms with Gasteiger partial charge in [-0.1, -0.05) is 0 Å². The van der Waals surface area contributed by atoms with E-state index in [2.05, 4.69) is 10.1 Å². The molecular weight excluding hydrogens is 244 g/mol. The van der Waals surface area contributed by atoms with E-state index in [1.165, 1.54) is 7.11 Å². The van der Waals surface area contributed by atoms with Gasteiger partial charge in [0.25, 0.3) is 0 Å². The number of nitrogens with two attached hydrogens (primary N) is 1. The van der Waals surface area contributed by atoms with E-state index in [1.807, 2.05) is 0 Å². The van der Waals surface area contributed by atoms with E-state index in [4.69, 9.17) is 5.73 Å². The zero-order valence-corrected chi connectivity index (χ0v) is 11.1. The third-order valence-electron chi connectivity index (χ3n) is 2.93. The molecule has 1 fully saturated rings. The van der Waals surface area contributed by atoms with Gasteiger partial charge in [-0.2, -0.15) is 0 Å². The second-order valence-electron chi connectivity index (χ2n) is 4.46. The molecule has 0 aromatic carbocycles. The Hall–Kier alpha value is -0.810. The predicted octanol–water partition coefficient (Wildman–Crippen LogP) is 0.603. The lowest BCUT2D eigenvalue weighted by molar-refractivity contribution is -0.141. The van der Waals surface area contributed by atoms with Crippen molar-refractivity contribution in [2.75, 3.05) is 7.11 Å². The number of carbonyl (C=O) groups excluding carboxylic acids is 2. The highest BCUT2D eigenvalue weighted by molar-refractivity contribution is 5.85. The summed E-state index contributed by atoms with van der Waals surface area (Å²) in [6.45, 7) is 1.80. The molecule has 0 bridgehead atoms. The van der Waals surface area contributed by atoms with E-state index in [-0.39, 0.29) is 48.7 Å². The highest BCUT2D eigenvalue weighted by Gasteiger charge is 2.28. The van der Waals surface area contributed by atoms with E-state index in [0.29, 0.717) is 0 Å². The molecule has 0 heterocycles. The molecule has 1 aliphatic carbocycles. The van der Waals surface area contributed by atoms with Crippen LogP contribution in [0.3, 0.4) is 0 Å². The Morgan fingerprint density at radius 2 is 2.12 bits per heavy atom. The quantitative estimate of drug-likeness (QED) is 0.729. The number of hydrogen-bond acceptors (Lipinski definition) is 4. The second kappa shape index (κ2) is 7.50. The second-order valence-corrected chi connectivity index (χ2v) is 4.46. The van der Waals surface area contributed by atoms with Crippen LogP contribution in [0.1, 0.15) is 32.6 Å². The predicted molar refractivity (Wildman–Crippen MR) is 66.8 cm³/mol. The highest BCUT2D eigenvalue weighted by atomic mass is 35.5. The summed E-state index contributed by atoms with van der Waals surface area (Å²) < 4.78 is 4.53. The summed E-state index contributed by atoms with van der Waals surface area (Å²) in [7, 11) is 1.34. The summed E-state index contributed by atoms with van der Waals surface area (Å²) >= 11 is 0. The van der Waals surface area contributed by atoms with Gasteiger partial charge in [-0.05, 0) is 26.2 Å². The molecule has 100 valence electrons. The fourth-order valence-electron chi connectivity index (χ4n) is 2.00. The molecule has 0 aliphatic heterocycles. The molecule has 17 heavy (non-hydrogen) atoms. The van der Waals surface area contributed by atoms with Gasteiger partial charge in [-0.25, -0.2) is 0 Å². The van der Waals surface area contributed by atoms with Crippen molar-refractivity contribution in [3.8, 4) is 0 Å². The molecule has 1 aliphatic rings. The van der Waals surface area contributed by atoms with E-state index in [1.54, 1.807) is 6.92 Å². The Kier molecular flexibility index (Phi) is 7.15. The van der Waals surface area contributed by atoms with Gasteiger partial charge in [-0.15, -0.1) is 12.4 Å². The van der Waals surface area contributed by atoms with Crippen LogP contribution in [0.25, 0.3) is 0 Å². The molecule has 3 N–H and O–H groups in total. The van der Waals surface area contributed by atoms with Gasteiger partial charge in [0.05, 0.1) is 13.5 Å². The zero-order valence-electron chi connectivity index (χ0n) is 10.3. The number of rotatable bonds is 4. The first-order chi connectivity index (χ1) is 7.52. The molecule has 1 saturated carbocycles. The minimum Gasteiger partial charge on any atom is -0.469 e. The van der Waals surface area contributed by atoms with Crippen molar-refractivity contribution >= 4 is 24.3 Å². The number of methoxy groups -OCH3 is 1. The topological polar surface area (TPSA) is 81.4 Å². The summed E-state index contributed by atoms with van der Waals surface area (Å²) in [5, 5.41) is 2.81. The number of nitrogens with one attached hydrogen (secondary N) is 1. The Morgan fingerprint density at radius 1 is 1.47 bits per heavy atom. The highest BCUT2D eigenvalue weighted by Crippen LogP contribution is 2.24. The van der Waals surface area contributed by atoms with Gasteiger partial charge in [0.15, 0.2) is 0 Å². The summed E-state index contributed by atoms with van der Waals surface area (Å²) in [5.74, 6) is -0.296. The Balaban J connectivity index is 0.00000256. The van der Waals surface area contributed by atoms with Crippen LogP contribution in [-0.4, -0.2) is 31.1 Å². The van der Waals surface area contributed by atoms with Crippen LogP contribution in [0.15, 0.2) is 0 Å². The van der Waals surface area contributed by atoms with Gasteiger partial charge >= 0.3 is 5.97 Å². The van der Waals surface area contributed by atoms with Crippen molar-refractivity contribution < 1.29 is 14.3 Å². The number of ether oxygens (including phenoxy) is 1. The number of hydrogen-bond donors (Lipinski definition) is 2. The first-order valence-corrected chi connectivity index (χ1v) is 5.65. The lowest BCUT2D eigenvalue weighted by Crippen LogP contribution is -2.38. The lowest BCUT2D eigenvalue weighted by atomic mass is 10.1. The number of carbonyl (C=O) groups is 2. The third-order valence-corrected chi connectivity index (χ3v) is 2.93. The van der Waals surface area contributed by atoms with Gasteiger partial charge < -0.3 is 15.8 Å². The first-order valence-electron chi connectivity index (χ1n) is 5.65. The number of amides is 1. The fraction of sp³-hybridized carbons (Fsp3) is 0.818. The Morgan fingerprint density at radius 3 is 2.59 bits per heavy atom. The van der Waals surface area contributed by atoms with Crippen molar-refractivity contribution in [3.05, 3.63) is 0 Å². The summed E-state index contributed by atoms with van der Waals surface area (Å²) in [6.07, 6.45) is 2.71. The summed E-state index contributed by atoms with van der Waals surface area (Å²) in [4.78, 5) is 22.7. The van der Waals surface area contributed by atoms with Crippen molar-refractivity contribution in [2.24, 2.45) is 11.7 Å². The van der Waals surface area contributed by atoms with Crippen LogP contribution < -0.4 is 11.1 Å². The van der Waals surface area contributed by atoms with Gasteiger partial charge in [0.1, 0.15) is 0 Å². The fourth-order valence-corrected chi connectivity index (χ4v) is 2.00. The molecule has 0 aromatic heterocycles. The molecule has 6 heteroatoms. The maximum atomic E-state index is 11.8. The maximum Gasteiger partial charge on any atom is 0.307 e. The standard InChI is InChI=1S/C11H20N2O3.ClH/c1-7(5-10(14)16-2)13-11(15)8-3-4-9(12)6-8;/h7-9H,3-6,12H2,1-2H3,(H,13,15);1H. The molecular formula is C11H21ClN2O3. The van der Waals surface area contributed by atoms with Gasteiger partial charge in [0, 0.05) is 18.0 Å². The van der Waals surface area contributed by atoms with Crippen molar-refractivity contribution in [3.63, 3.8) is 0 Å². The normalized spacial score (nSPS) is 24.6. The van der Waals surface area contributed by atoms with E-state index in [0.717, 1.165) is 19.3 Å². The van der Waals surface area contributed by atoms with Crippen LogP contribution in [0.2, 0.25) is 0 Å². The lowest BCUT2D eigenvalue weighted by Gasteiger charge is -2.16. The van der Waals surface area contributed by atoms with Crippen LogP contribution in [-0.2, 0) is 14.3 Å². The van der Waals surface area contributed by atoms with E-state index in [9.17, 15) is 9.59 Å². The number of esters is 1. The largest absolute Gasteiger partial charge is 0.469 e. The van der Waals surface area contributed by atoms with Crippen LogP contribution in [0.5, 0.6) is 0 Å². The summed E-state index contributed by atoms with van der Waals surface area (Å²) in [5.41, 5.74) is 5.74. The van der Waals surface area contributed by atoms with Crippen LogP contribution in [0.4, 0.5) is 0 Å². The number of halogens is 1. The van der Waals surface area contributed by atoms with Gasteiger partial charge in [-0.3, -0.25) is 9.59 Å². The Bertz CT molecular complexity index is 273. The van der Waals surface area contributed by atoms with Crippen molar-refractivity contribution in [1.29, 1.82) is 0 Å².